The average molecular weight is 158 g/mol. The maximum atomic E-state index is 2.08. The van der Waals surface area contributed by atoms with E-state index in [1.165, 1.54) is 5.56 Å². The second-order valence-corrected chi connectivity index (χ2v) is 1.65. The molecular formula is C8H11V-. The molecule has 0 spiro atoms. The minimum atomic E-state index is 0. The van der Waals surface area contributed by atoms with E-state index in [9.17, 15) is 0 Å². The van der Waals surface area contributed by atoms with Crippen LogP contribution in [-0.2, 0) is 18.6 Å². The molecule has 0 unspecified atom stereocenters. The van der Waals surface area contributed by atoms with Crippen LogP contribution in [0.5, 0.6) is 0 Å². The molecule has 1 radical (unpaired) electrons. The zero-order valence-corrected chi connectivity index (χ0v) is 7.23. The standard InChI is InChI=1S/C7H8.CH3.V/c1-7-5-3-2-4-6-7;;/h2-6H,1H3;1H3;/q;-1;. The third-order valence-electron chi connectivity index (χ3n) is 0.940. The van der Waals surface area contributed by atoms with E-state index in [1.807, 2.05) is 18.2 Å². The summed E-state index contributed by atoms with van der Waals surface area (Å²) in [5.74, 6) is 0. The van der Waals surface area contributed by atoms with Gasteiger partial charge in [0, 0.05) is 18.6 Å². The summed E-state index contributed by atoms with van der Waals surface area (Å²) in [6.07, 6.45) is 0. The molecule has 9 heavy (non-hydrogen) atoms. The van der Waals surface area contributed by atoms with Gasteiger partial charge in [-0.3, -0.25) is 0 Å². The summed E-state index contributed by atoms with van der Waals surface area (Å²) in [5, 5.41) is 0. The monoisotopic (exact) mass is 158 g/mol. The molecule has 0 N–H and O–H groups in total. The van der Waals surface area contributed by atoms with Crippen molar-refractivity contribution in [2.75, 3.05) is 0 Å². The summed E-state index contributed by atoms with van der Waals surface area (Å²) in [6, 6.07) is 10.3. The number of rotatable bonds is 0. The summed E-state index contributed by atoms with van der Waals surface area (Å²) >= 11 is 0. The van der Waals surface area contributed by atoms with Gasteiger partial charge in [0.2, 0.25) is 0 Å². The average Bonchev–Trinajstić information content (AvgIpc) is 1.69. The van der Waals surface area contributed by atoms with Gasteiger partial charge in [-0.1, -0.05) is 35.9 Å². The fraction of sp³-hybridized carbons (Fsp3) is 0.125. The zero-order valence-electron chi connectivity index (χ0n) is 5.83. The van der Waals surface area contributed by atoms with Crippen LogP contribution in [0, 0.1) is 14.4 Å². The summed E-state index contributed by atoms with van der Waals surface area (Å²) in [4.78, 5) is 0. The maximum absolute atomic E-state index is 2.08. The molecule has 0 amide bonds. The zero-order chi connectivity index (χ0) is 5.11. The first-order valence-corrected chi connectivity index (χ1v) is 2.41. The van der Waals surface area contributed by atoms with Gasteiger partial charge in [0.15, 0.2) is 0 Å². The Morgan fingerprint density at radius 1 is 1.00 bits per heavy atom. The van der Waals surface area contributed by atoms with Crippen molar-refractivity contribution in [2.24, 2.45) is 0 Å². The first kappa shape index (κ1) is 11.6. The van der Waals surface area contributed by atoms with E-state index in [0.717, 1.165) is 0 Å². The van der Waals surface area contributed by atoms with E-state index in [-0.39, 0.29) is 26.0 Å². The minimum absolute atomic E-state index is 0. The molecule has 0 bridgehead atoms. The normalized spacial score (nSPS) is 6.78. The second-order valence-electron chi connectivity index (χ2n) is 1.65. The van der Waals surface area contributed by atoms with Gasteiger partial charge in [-0.15, -0.1) is 0 Å². The molecule has 0 aromatic heterocycles. The number of aryl methyl sites for hydroxylation is 1. The van der Waals surface area contributed by atoms with Gasteiger partial charge in [0.05, 0.1) is 0 Å². The predicted molar refractivity (Wildman–Crippen MR) is 37.6 cm³/mol. The van der Waals surface area contributed by atoms with Gasteiger partial charge in [-0.25, -0.2) is 0 Å². The van der Waals surface area contributed by atoms with E-state index in [0.29, 0.717) is 0 Å². The van der Waals surface area contributed by atoms with Gasteiger partial charge in [-0.05, 0) is 6.92 Å². The Kier molecular flexibility index (Phi) is 7.63. The molecule has 0 atom stereocenters. The fourth-order valence-corrected chi connectivity index (χ4v) is 0.534. The Balaban J connectivity index is 0. The molecule has 0 aliphatic rings. The van der Waals surface area contributed by atoms with Crippen LogP contribution in [0.25, 0.3) is 0 Å². The van der Waals surface area contributed by atoms with E-state index in [2.05, 4.69) is 19.1 Å². The van der Waals surface area contributed by atoms with E-state index >= 15 is 0 Å². The number of benzene rings is 1. The molecule has 1 aromatic rings. The summed E-state index contributed by atoms with van der Waals surface area (Å²) in [7, 11) is 0. The molecule has 0 saturated heterocycles. The fourth-order valence-electron chi connectivity index (χ4n) is 0.534. The SMILES string of the molecule is Cc1ccccc1.[CH3-].[V]. The van der Waals surface area contributed by atoms with Crippen molar-refractivity contribution in [1.82, 2.24) is 0 Å². The van der Waals surface area contributed by atoms with Crippen LogP contribution in [0.4, 0.5) is 0 Å². The Morgan fingerprint density at radius 3 is 1.67 bits per heavy atom. The number of hydrogen-bond donors (Lipinski definition) is 0. The van der Waals surface area contributed by atoms with Crippen molar-refractivity contribution in [1.29, 1.82) is 0 Å². The molecule has 0 saturated carbocycles. The first-order chi connectivity index (χ1) is 3.39. The van der Waals surface area contributed by atoms with Crippen LogP contribution >= 0.6 is 0 Å². The van der Waals surface area contributed by atoms with E-state index < -0.39 is 0 Å². The van der Waals surface area contributed by atoms with Crippen LogP contribution < -0.4 is 0 Å². The minimum Gasteiger partial charge on any atom is -0.358 e. The Morgan fingerprint density at radius 2 is 1.44 bits per heavy atom. The molecule has 1 heteroatoms. The second kappa shape index (κ2) is 5.93. The van der Waals surface area contributed by atoms with Gasteiger partial charge < -0.3 is 7.43 Å². The van der Waals surface area contributed by atoms with Crippen molar-refractivity contribution in [2.45, 2.75) is 6.92 Å². The summed E-state index contributed by atoms with van der Waals surface area (Å²) in [6.45, 7) is 2.08. The summed E-state index contributed by atoms with van der Waals surface area (Å²) in [5.41, 5.74) is 1.32. The third-order valence-corrected chi connectivity index (χ3v) is 0.940. The summed E-state index contributed by atoms with van der Waals surface area (Å²) < 4.78 is 0. The largest absolute Gasteiger partial charge is 0.358 e. The van der Waals surface area contributed by atoms with Crippen molar-refractivity contribution in [3.8, 4) is 0 Å². The molecule has 0 fully saturated rings. The quantitative estimate of drug-likeness (QED) is 0.508. The Hall–Kier alpha value is -0.196. The molecular weight excluding hydrogens is 147 g/mol. The molecule has 0 aliphatic heterocycles. The van der Waals surface area contributed by atoms with Gasteiger partial charge in [0.25, 0.3) is 0 Å². The first-order valence-electron chi connectivity index (χ1n) is 2.41. The molecule has 1 rings (SSSR count). The van der Waals surface area contributed by atoms with Gasteiger partial charge >= 0.3 is 0 Å². The van der Waals surface area contributed by atoms with E-state index in [4.69, 9.17) is 0 Å². The van der Waals surface area contributed by atoms with Crippen molar-refractivity contribution >= 4 is 0 Å². The Labute approximate surface area is 69.2 Å². The predicted octanol–water partition coefficient (Wildman–Crippen LogP) is 2.44. The van der Waals surface area contributed by atoms with Crippen molar-refractivity contribution in [3.05, 3.63) is 43.3 Å². The van der Waals surface area contributed by atoms with Gasteiger partial charge in [-0.2, -0.15) is 0 Å². The molecule has 0 aliphatic carbocycles. The molecule has 49 valence electrons. The van der Waals surface area contributed by atoms with Crippen LogP contribution in [0.2, 0.25) is 0 Å². The van der Waals surface area contributed by atoms with E-state index in [1.54, 1.807) is 0 Å². The van der Waals surface area contributed by atoms with Crippen molar-refractivity contribution < 1.29 is 18.6 Å². The van der Waals surface area contributed by atoms with Crippen LogP contribution in [0.15, 0.2) is 30.3 Å². The third kappa shape index (κ3) is 4.32. The number of hydrogen-bond acceptors (Lipinski definition) is 0. The molecule has 1 aromatic carbocycles. The topological polar surface area (TPSA) is 0 Å². The molecule has 0 heterocycles. The van der Waals surface area contributed by atoms with Crippen LogP contribution in [0.1, 0.15) is 5.56 Å². The van der Waals surface area contributed by atoms with Gasteiger partial charge in [0.1, 0.15) is 0 Å². The maximum Gasteiger partial charge on any atom is 0 e. The smallest absolute Gasteiger partial charge is 0 e. The Bertz CT molecular complexity index is 134. The molecule has 0 nitrogen and oxygen atoms in total. The van der Waals surface area contributed by atoms with Crippen LogP contribution in [0.3, 0.4) is 0 Å². The van der Waals surface area contributed by atoms with Crippen molar-refractivity contribution in [3.63, 3.8) is 0 Å². The van der Waals surface area contributed by atoms with Crippen LogP contribution in [-0.4, -0.2) is 0 Å².